The predicted octanol–water partition coefficient (Wildman–Crippen LogP) is 4.77. The number of amides is 1. The van der Waals surface area contributed by atoms with Gasteiger partial charge in [0.2, 0.25) is 0 Å². The van der Waals surface area contributed by atoms with Gasteiger partial charge in [0, 0.05) is 5.56 Å². The zero-order valence-corrected chi connectivity index (χ0v) is 17.1. The molecule has 1 N–H and O–H groups in total. The van der Waals surface area contributed by atoms with Crippen LogP contribution in [0.5, 0.6) is 11.5 Å². The normalized spacial score (nSPS) is 10.8. The van der Waals surface area contributed by atoms with Gasteiger partial charge in [-0.05, 0) is 65.4 Å². The van der Waals surface area contributed by atoms with Crippen LogP contribution in [0.15, 0.2) is 35.4 Å². The van der Waals surface area contributed by atoms with E-state index in [0.29, 0.717) is 33.7 Å². The Kier molecular flexibility index (Phi) is 7.34. The van der Waals surface area contributed by atoms with Gasteiger partial charge < -0.3 is 9.47 Å². The molecule has 0 atom stereocenters. The smallest absolute Gasteiger partial charge is 0.271 e. The van der Waals surface area contributed by atoms with E-state index >= 15 is 0 Å². The number of nitrogens with zero attached hydrogens (tertiary/aromatic N) is 1. The number of hydrazone groups is 1. The summed E-state index contributed by atoms with van der Waals surface area (Å²) in [6, 6.07) is 8.27. The molecule has 0 heterocycles. The molecule has 8 heteroatoms. The Morgan fingerprint density at radius 2 is 2.04 bits per heavy atom. The largest absolute Gasteiger partial charge is 0.493 e. The zero-order chi connectivity index (χ0) is 18.4. The number of hydrogen-bond acceptors (Lipinski definition) is 4. The standard InChI is InChI=1S/C17H15Cl2IN2O3/c1-3-25-16-14(20)6-10(7-15(16)24-2)9-21-22-17(23)11-4-5-12(18)13(19)8-11/h4-9H,3H2,1-2H3,(H,22,23)/b21-9-. The number of nitrogens with one attached hydrogen (secondary N) is 1. The molecule has 0 bridgehead atoms. The highest BCUT2D eigenvalue weighted by Gasteiger charge is 2.11. The first kappa shape index (κ1) is 19.8. The highest BCUT2D eigenvalue weighted by atomic mass is 127. The summed E-state index contributed by atoms with van der Waals surface area (Å²) >= 11 is 13.9. The third kappa shape index (κ3) is 5.23. The van der Waals surface area contributed by atoms with Crippen molar-refractivity contribution in [2.75, 3.05) is 13.7 Å². The van der Waals surface area contributed by atoms with Gasteiger partial charge in [0.15, 0.2) is 11.5 Å². The van der Waals surface area contributed by atoms with E-state index in [-0.39, 0.29) is 5.91 Å². The molecule has 2 aromatic carbocycles. The summed E-state index contributed by atoms with van der Waals surface area (Å²) in [6.07, 6.45) is 1.52. The summed E-state index contributed by atoms with van der Waals surface area (Å²) in [5, 5.41) is 4.66. The Labute approximate surface area is 169 Å². The van der Waals surface area contributed by atoms with Crippen molar-refractivity contribution in [1.82, 2.24) is 5.43 Å². The number of methoxy groups -OCH3 is 1. The van der Waals surface area contributed by atoms with E-state index < -0.39 is 0 Å². The quantitative estimate of drug-likeness (QED) is 0.359. The first-order valence-electron chi connectivity index (χ1n) is 7.25. The van der Waals surface area contributed by atoms with Gasteiger partial charge in [0.05, 0.1) is 33.5 Å². The SMILES string of the molecule is CCOc1c(I)cc(/C=N\NC(=O)c2ccc(Cl)c(Cl)c2)cc1OC. The molecular formula is C17H15Cl2IN2O3. The lowest BCUT2D eigenvalue weighted by Crippen LogP contribution is -2.17. The predicted molar refractivity (Wildman–Crippen MR) is 108 cm³/mol. The fourth-order valence-corrected chi connectivity index (χ4v) is 3.05. The highest BCUT2D eigenvalue weighted by molar-refractivity contribution is 14.1. The van der Waals surface area contributed by atoms with E-state index in [1.54, 1.807) is 25.3 Å². The maximum atomic E-state index is 12.1. The van der Waals surface area contributed by atoms with Crippen LogP contribution in [-0.2, 0) is 0 Å². The molecule has 2 aromatic rings. The minimum absolute atomic E-state index is 0.309. The molecule has 0 aliphatic carbocycles. The minimum atomic E-state index is -0.387. The van der Waals surface area contributed by atoms with Gasteiger partial charge in [-0.25, -0.2) is 5.43 Å². The second-order valence-electron chi connectivity index (χ2n) is 4.80. The number of benzene rings is 2. The van der Waals surface area contributed by atoms with Crippen molar-refractivity contribution < 1.29 is 14.3 Å². The molecule has 0 saturated heterocycles. The molecule has 0 aliphatic rings. The molecule has 0 aliphatic heterocycles. The van der Waals surface area contributed by atoms with E-state index in [0.717, 1.165) is 9.13 Å². The van der Waals surface area contributed by atoms with E-state index in [9.17, 15) is 4.79 Å². The van der Waals surface area contributed by atoms with Crippen LogP contribution in [0, 0.1) is 3.57 Å². The molecule has 2 rings (SSSR count). The molecule has 5 nitrogen and oxygen atoms in total. The summed E-state index contributed by atoms with van der Waals surface area (Å²) in [5.74, 6) is 0.899. The van der Waals surface area contributed by atoms with Crippen molar-refractivity contribution >= 4 is 57.9 Å². The van der Waals surface area contributed by atoms with Crippen LogP contribution >= 0.6 is 45.8 Å². The maximum Gasteiger partial charge on any atom is 0.271 e. The Hall–Kier alpha value is -1.51. The van der Waals surface area contributed by atoms with Crippen molar-refractivity contribution in [3.63, 3.8) is 0 Å². The van der Waals surface area contributed by atoms with Gasteiger partial charge in [-0.15, -0.1) is 0 Å². The molecule has 25 heavy (non-hydrogen) atoms. The van der Waals surface area contributed by atoms with Crippen LogP contribution in [0.1, 0.15) is 22.8 Å². The van der Waals surface area contributed by atoms with Gasteiger partial charge in [-0.2, -0.15) is 5.10 Å². The van der Waals surface area contributed by atoms with Crippen LogP contribution in [0.4, 0.5) is 0 Å². The molecule has 0 unspecified atom stereocenters. The van der Waals surface area contributed by atoms with Gasteiger partial charge >= 0.3 is 0 Å². The zero-order valence-electron chi connectivity index (χ0n) is 13.5. The third-order valence-electron chi connectivity index (χ3n) is 3.10. The first-order valence-corrected chi connectivity index (χ1v) is 9.08. The Balaban J connectivity index is 2.12. The van der Waals surface area contributed by atoms with Crippen molar-refractivity contribution in [3.05, 3.63) is 55.1 Å². The van der Waals surface area contributed by atoms with E-state index in [2.05, 4.69) is 33.1 Å². The van der Waals surface area contributed by atoms with Crippen LogP contribution in [0.3, 0.4) is 0 Å². The molecule has 1 amide bonds. The molecule has 0 aromatic heterocycles. The maximum absolute atomic E-state index is 12.1. The summed E-state index contributed by atoms with van der Waals surface area (Å²) in [5.41, 5.74) is 3.57. The molecule has 132 valence electrons. The van der Waals surface area contributed by atoms with Crippen molar-refractivity contribution in [3.8, 4) is 11.5 Å². The van der Waals surface area contributed by atoms with E-state index in [1.165, 1.54) is 12.3 Å². The van der Waals surface area contributed by atoms with Gasteiger partial charge in [-0.3, -0.25) is 4.79 Å². The summed E-state index contributed by atoms with van der Waals surface area (Å²) < 4.78 is 11.8. The number of rotatable bonds is 6. The van der Waals surface area contributed by atoms with Crippen LogP contribution in [0.25, 0.3) is 0 Å². The number of hydrogen-bond donors (Lipinski definition) is 1. The van der Waals surface area contributed by atoms with Crippen molar-refractivity contribution in [1.29, 1.82) is 0 Å². The second-order valence-corrected chi connectivity index (χ2v) is 6.77. The third-order valence-corrected chi connectivity index (χ3v) is 4.64. The molecule has 0 fully saturated rings. The molecule has 0 spiro atoms. The van der Waals surface area contributed by atoms with Gasteiger partial charge in [0.1, 0.15) is 0 Å². The average Bonchev–Trinajstić information content (AvgIpc) is 2.59. The Morgan fingerprint density at radius 1 is 1.28 bits per heavy atom. The number of carbonyl (C=O) groups excluding carboxylic acids is 1. The minimum Gasteiger partial charge on any atom is -0.493 e. The summed E-state index contributed by atoms with van der Waals surface area (Å²) in [7, 11) is 1.57. The summed E-state index contributed by atoms with van der Waals surface area (Å²) in [4.78, 5) is 12.1. The number of carbonyl (C=O) groups is 1. The second kappa shape index (κ2) is 9.26. The lowest BCUT2D eigenvalue weighted by Gasteiger charge is -2.12. The van der Waals surface area contributed by atoms with Crippen LogP contribution < -0.4 is 14.9 Å². The van der Waals surface area contributed by atoms with Gasteiger partial charge in [0.25, 0.3) is 5.91 Å². The van der Waals surface area contributed by atoms with Crippen molar-refractivity contribution in [2.45, 2.75) is 6.92 Å². The first-order chi connectivity index (χ1) is 12.0. The lowest BCUT2D eigenvalue weighted by molar-refractivity contribution is 0.0955. The fraction of sp³-hybridized carbons (Fsp3) is 0.176. The van der Waals surface area contributed by atoms with Gasteiger partial charge in [-0.1, -0.05) is 23.2 Å². The highest BCUT2D eigenvalue weighted by Crippen LogP contribution is 2.33. The fourth-order valence-electron chi connectivity index (χ4n) is 1.97. The van der Waals surface area contributed by atoms with E-state index in [4.69, 9.17) is 32.7 Å². The van der Waals surface area contributed by atoms with Crippen LogP contribution in [0.2, 0.25) is 10.0 Å². The van der Waals surface area contributed by atoms with Crippen molar-refractivity contribution in [2.24, 2.45) is 5.10 Å². The topological polar surface area (TPSA) is 59.9 Å². The van der Waals surface area contributed by atoms with E-state index in [1.807, 2.05) is 13.0 Å². The summed E-state index contributed by atoms with van der Waals surface area (Å²) in [6.45, 7) is 2.45. The molecule has 0 radical (unpaired) electrons. The Morgan fingerprint density at radius 3 is 2.68 bits per heavy atom. The monoisotopic (exact) mass is 492 g/mol. The molecular weight excluding hydrogens is 478 g/mol. The van der Waals surface area contributed by atoms with Crippen LogP contribution in [-0.4, -0.2) is 25.8 Å². The number of ether oxygens (including phenoxy) is 2. The lowest BCUT2D eigenvalue weighted by atomic mass is 10.2. The Bertz CT molecular complexity index is 813. The number of halogens is 3. The molecule has 0 saturated carbocycles. The average molecular weight is 493 g/mol.